The molecule has 164 valence electrons. The van der Waals surface area contributed by atoms with Crippen molar-refractivity contribution in [2.75, 3.05) is 26.7 Å². The summed E-state index contributed by atoms with van der Waals surface area (Å²) in [5, 5.41) is 3.52. The summed E-state index contributed by atoms with van der Waals surface area (Å²) in [6, 6.07) is 13.1. The van der Waals surface area contributed by atoms with E-state index < -0.39 is 0 Å². The van der Waals surface area contributed by atoms with Gasteiger partial charge in [-0.2, -0.15) is 0 Å². The maximum absolute atomic E-state index is 13.0. The lowest BCUT2D eigenvalue weighted by molar-refractivity contribution is 0.0770. The highest BCUT2D eigenvalue weighted by Crippen LogP contribution is 2.40. The number of rotatable bonds is 7. The maximum Gasteiger partial charge on any atom is 0.254 e. The summed E-state index contributed by atoms with van der Waals surface area (Å²) in [5.74, 6) is 3.03. The lowest BCUT2D eigenvalue weighted by Gasteiger charge is -2.32. The minimum Gasteiger partial charge on any atom is -0.496 e. The lowest BCUT2D eigenvalue weighted by Crippen LogP contribution is -2.31. The molecule has 2 fully saturated rings. The number of nitrogens with one attached hydrogen (secondary N) is 1. The molecule has 5 rings (SSSR count). The van der Waals surface area contributed by atoms with E-state index in [0.29, 0.717) is 11.8 Å². The summed E-state index contributed by atoms with van der Waals surface area (Å²) >= 11 is 0. The molecule has 4 nitrogen and oxygen atoms in total. The Balaban J connectivity index is 1.48. The van der Waals surface area contributed by atoms with Crippen LogP contribution in [0.4, 0.5) is 0 Å². The standard InChI is InChI=1S/C27H34N2O2/c1-18-13-22(14-23-17-29(16-19-7-8-19)27(30)26(18)23)24(20-9-11-28-12-10-20)15-21-5-3-4-6-25(21)31-2/h3-6,13-14,19-20,24,28H,7-12,15-17H2,1-2H3. The number of aryl methyl sites for hydroxylation is 1. The van der Waals surface area contributed by atoms with E-state index in [0.717, 1.165) is 55.4 Å². The molecule has 1 amide bonds. The van der Waals surface area contributed by atoms with Gasteiger partial charge in [-0.15, -0.1) is 0 Å². The van der Waals surface area contributed by atoms with Gasteiger partial charge in [-0.1, -0.05) is 30.3 Å². The minimum absolute atomic E-state index is 0.245. The summed E-state index contributed by atoms with van der Waals surface area (Å²) in [7, 11) is 1.76. The molecule has 0 aromatic heterocycles. The first-order valence-electron chi connectivity index (χ1n) is 11.9. The van der Waals surface area contributed by atoms with Gasteiger partial charge in [-0.25, -0.2) is 0 Å². The lowest BCUT2D eigenvalue weighted by atomic mass is 9.76. The van der Waals surface area contributed by atoms with Gasteiger partial charge in [0, 0.05) is 18.7 Å². The van der Waals surface area contributed by atoms with Gasteiger partial charge in [0.05, 0.1) is 7.11 Å². The van der Waals surface area contributed by atoms with Crippen molar-refractivity contribution >= 4 is 5.91 Å². The number of carbonyl (C=O) groups is 1. The molecule has 2 aliphatic heterocycles. The molecule has 0 spiro atoms. The van der Waals surface area contributed by atoms with Gasteiger partial charge < -0.3 is 15.0 Å². The van der Waals surface area contributed by atoms with E-state index in [-0.39, 0.29) is 5.91 Å². The van der Waals surface area contributed by atoms with E-state index in [1.807, 2.05) is 6.07 Å². The van der Waals surface area contributed by atoms with E-state index in [1.54, 1.807) is 7.11 Å². The molecule has 0 radical (unpaired) electrons. The Labute approximate surface area is 186 Å². The Hall–Kier alpha value is -2.33. The predicted molar refractivity (Wildman–Crippen MR) is 124 cm³/mol. The third-order valence-corrected chi connectivity index (χ3v) is 7.49. The molecule has 2 heterocycles. The van der Waals surface area contributed by atoms with Crippen LogP contribution in [0.1, 0.15) is 64.2 Å². The number of carbonyl (C=O) groups excluding carboxylic acids is 1. The quantitative estimate of drug-likeness (QED) is 0.709. The zero-order valence-corrected chi connectivity index (χ0v) is 18.8. The number of ether oxygens (including phenoxy) is 1. The number of nitrogens with zero attached hydrogens (tertiary/aromatic N) is 1. The van der Waals surface area contributed by atoms with Crippen LogP contribution >= 0.6 is 0 Å². The number of fused-ring (bicyclic) bond motifs is 1. The Bertz CT molecular complexity index is 960. The number of para-hydroxylation sites is 1. The Morgan fingerprint density at radius 2 is 1.90 bits per heavy atom. The van der Waals surface area contributed by atoms with Gasteiger partial charge in [0.25, 0.3) is 5.91 Å². The third-order valence-electron chi connectivity index (χ3n) is 7.49. The molecular weight excluding hydrogens is 384 g/mol. The number of benzene rings is 2. The van der Waals surface area contributed by atoms with Crippen LogP contribution in [0.3, 0.4) is 0 Å². The van der Waals surface area contributed by atoms with Gasteiger partial charge in [0.15, 0.2) is 0 Å². The topological polar surface area (TPSA) is 41.6 Å². The van der Waals surface area contributed by atoms with Gasteiger partial charge >= 0.3 is 0 Å². The smallest absolute Gasteiger partial charge is 0.254 e. The van der Waals surface area contributed by atoms with E-state index in [1.165, 1.54) is 42.4 Å². The number of piperidine rings is 1. The summed E-state index contributed by atoms with van der Waals surface area (Å²) in [6.07, 6.45) is 5.93. The molecule has 0 bridgehead atoms. The Morgan fingerprint density at radius 1 is 1.13 bits per heavy atom. The first-order chi connectivity index (χ1) is 15.1. The number of amides is 1. The van der Waals surface area contributed by atoms with Crippen LogP contribution in [-0.2, 0) is 13.0 Å². The van der Waals surface area contributed by atoms with E-state index in [2.05, 4.69) is 47.5 Å². The largest absolute Gasteiger partial charge is 0.496 e. The number of hydrogen-bond donors (Lipinski definition) is 1. The molecule has 31 heavy (non-hydrogen) atoms. The van der Waals surface area contributed by atoms with Crippen LogP contribution in [0, 0.1) is 18.8 Å². The molecule has 3 aliphatic rings. The monoisotopic (exact) mass is 418 g/mol. The van der Waals surface area contributed by atoms with Crippen molar-refractivity contribution in [2.45, 2.75) is 51.5 Å². The fourth-order valence-electron chi connectivity index (χ4n) is 5.64. The van der Waals surface area contributed by atoms with Crippen molar-refractivity contribution in [1.82, 2.24) is 10.2 Å². The van der Waals surface area contributed by atoms with Gasteiger partial charge in [-0.3, -0.25) is 4.79 Å². The molecule has 2 aromatic carbocycles. The number of methoxy groups -OCH3 is 1. The van der Waals surface area contributed by atoms with Crippen LogP contribution in [0.2, 0.25) is 0 Å². The van der Waals surface area contributed by atoms with Crippen molar-refractivity contribution < 1.29 is 9.53 Å². The van der Waals surface area contributed by atoms with Crippen LogP contribution in [0.25, 0.3) is 0 Å². The highest BCUT2D eigenvalue weighted by atomic mass is 16.5. The molecule has 1 unspecified atom stereocenters. The van der Waals surface area contributed by atoms with Crippen molar-refractivity contribution in [2.24, 2.45) is 11.8 Å². The first kappa shape index (κ1) is 20.6. The average Bonchev–Trinajstić information content (AvgIpc) is 3.55. The van der Waals surface area contributed by atoms with Crippen molar-refractivity contribution in [1.29, 1.82) is 0 Å². The summed E-state index contributed by atoms with van der Waals surface area (Å²) in [6.45, 7) is 6.02. The summed E-state index contributed by atoms with van der Waals surface area (Å²) < 4.78 is 5.67. The first-order valence-corrected chi connectivity index (χ1v) is 11.9. The fraction of sp³-hybridized carbons (Fsp3) is 0.519. The second-order valence-corrected chi connectivity index (χ2v) is 9.71. The van der Waals surface area contributed by atoms with Gasteiger partial charge in [0.2, 0.25) is 0 Å². The maximum atomic E-state index is 13.0. The van der Waals surface area contributed by atoms with Gasteiger partial charge in [0.1, 0.15) is 5.75 Å². The van der Waals surface area contributed by atoms with Gasteiger partial charge in [-0.05, 0) is 98.2 Å². The molecular formula is C27H34N2O2. The van der Waals surface area contributed by atoms with Crippen molar-refractivity contribution in [3.8, 4) is 5.75 Å². The molecule has 1 saturated heterocycles. The van der Waals surface area contributed by atoms with Crippen LogP contribution in [0.5, 0.6) is 5.75 Å². The van der Waals surface area contributed by atoms with Crippen molar-refractivity contribution in [3.05, 3.63) is 64.2 Å². The van der Waals surface area contributed by atoms with Crippen LogP contribution < -0.4 is 10.1 Å². The van der Waals surface area contributed by atoms with Crippen LogP contribution in [0.15, 0.2) is 36.4 Å². The predicted octanol–water partition coefficient (Wildman–Crippen LogP) is 4.70. The summed E-state index contributed by atoms with van der Waals surface area (Å²) in [5.41, 5.74) is 6.02. The normalized spacial score (nSPS) is 20.1. The molecule has 1 N–H and O–H groups in total. The molecule has 1 atom stereocenters. The minimum atomic E-state index is 0.245. The summed E-state index contributed by atoms with van der Waals surface area (Å²) in [4.78, 5) is 15.1. The fourth-order valence-corrected chi connectivity index (χ4v) is 5.64. The van der Waals surface area contributed by atoms with Crippen molar-refractivity contribution in [3.63, 3.8) is 0 Å². The second kappa shape index (κ2) is 8.66. The molecule has 4 heteroatoms. The second-order valence-electron chi connectivity index (χ2n) is 9.71. The highest BCUT2D eigenvalue weighted by Gasteiger charge is 2.35. The third kappa shape index (κ3) is 4.23. The molecule has 2 aromatic rings. The van der Waals surface area contributed by atoms with Crippen LogP contribution in [-0.4, -0.2) is 37.6 Å². The van der Waals surface area contributed by atoms with E-state index >= 15 is 0 Å². The highest BCUT2D eigenvalue weighted by molar-refractivity contribution is 5.99. The number of hydrogen-bond acceptors (Lipinski definition) is 3. The SMILES string of the molecule is COc1ccccc1CC(c1cc(C)c2c(c1)CN(CC1CC1)C2=O)C1CCNCC1. The Morgan fingerprint density at radius 3 is 2.65 bits per heavy atom. The molecule has 1 aliphatic carbocycles. The zero-order chi connectivity index (χ0) is 21.4. The molecule has 1 saturated carbocycles. The van der Waals surface area contributed by atoms with E-state index in [4.69, 9.17) is 4.74 Å². The average molecular weight is 419 g/mol. The zero-order valence-electron chi connectivity index (χ0n) is 18.8. The van der Waals surface area contributed by atoms with E-state index in [9.17, 15) is 4.79 Å². The Kier molecular flexibility index (Phi) is 5.75.